The molecule has 2 rings (SSSR count). The predicted molar refractivity (Wildman–Crippen MR) is 79.7 cm³/mol. The summed E-state index contributed by atoms with van der Waals surface area (Å²) < 4.78 is 5.34. The number of hydrogen-bond acceptors (Lipinski definition) is 2. The number of carboxylic acid groups (broad SMARTS) is 1. The van der Waals surface area contributed by atoms with E-state index in [0.717, 1.165) is 32.5 Å². The molecule has 0 aromatic heterocycles. The van der Waals surface area contributed by atoms with Crippen LogP contribution in [0, 0.1) is 11.3 Å². The predicted octanol–water partition coefficient (Wildman–Crippen LogP) is 4.17. The molecule has 0 radical (unpaired) electrons. The van der Waals surface area contributed by atoms with Gasteiger partial charge < -0.3 is 9.84 Å². The zero-order valence-corrected chi connectivity index (χ0v) is 12.7. The highest BCUT2D eigenvalue weighted by molar-refractivity contribution is 5.74. The topological polar surface area (TPSA) is 46.5 Å². The molecule has 1 atom stereocenters. The van der Waals surface area contributed by atoms with Crippen LogP contribution in [0.2, 0.25) is 0 Å². The Morgan fingerprint density at radius 1 is 1.30 bits per heavy atom. The third kappa shape index (κ3) is 4.34. The third-order valence-electron chi connectivity index (χ3n) is 4.96. The van der Waals surface area contributed by atoms with Gasteiger partial charge in [0, 0.05) is 0 Å². The molecule has 1 aliphatic heterocycles. The van der Waals surface area contributed by atoms with Crippen molar-refractivity contribution in [3.8, 4) is 0 Å². The van der Waals surface area contributed by atoms with Gasteiger partial charge in [0.1, 0.15) is 0 Å². The van der Waals surface area contributed by atoms with E-state index in [0.29, 0.717) is 12.3 Å². The molecule has 1 aliphatic carbocycles. The zero-order valence-electron chi connectivity index (χ0n) is 12.7. The molecular weight excluding hydrogens is 252 g/mol. The number of hydrogen-bond donors (Lipinski definition) is 1. The van der Waals surface area contributed by atoms with Crippen LogP contribution >= 0.6 is 0 Å². The van der Waals surface area contributed by atoms with Crippen molar-refractivity contribution in [2.75, 3.05) is 13.2 Å². The van der Waals surface area contributed by atoms with Gasteiger partial charge in [-0.1, -0.05) is 43.8 Å². The maximum atomic E-state index is 11.7. The van der Waals surface area contributed by atoms with Crippen molar-refractivity contribution in [1.29, 1.82) is 0 Å². The highest BCUT2D eigenvalue weighted by atomic mass is 16.5. The Morgan fingerprint density at radius 2 is 1.95 bits per heavy atom. The molecule has 0 aromatic rings. The van der Waals surface area contributed by atoms with Gasteiger partial charge in [-0.3, -0.25) is 4.79 Å². The number of aliphatic carboxylic acids is 1. The molecule has 1 N–H and O–H groups in total. The molecule has 1 saturated heterocycles. The molecule has 114 valence electrons. The van der Waals surface area contributed by atoms with Crippen molar-refractivity contribution < 1.29 is 14.6 Å². The van der Waals surface area contributed by atoms with Crippen molar-refractivity contribution in [2.24, 2.45) is 11.3 Å². The van der Waals surface area contributed by atoms with Gasteiger partial charge in [0.2, 0.25) is 0 Å². The summed E-state index contributed by atoms with van der Waals surface area (Å²) in [5.74, 6) is -0.0232. The van der Waals surface area contributed by atoms with E-state index in [-0.39, 0.29) is 0 Å². The lowest BCUT2D eigenvalue weighted by atomic mass is 9.73. The molecule has 2 fully saturated rings. The summed E-state index contributed by atoms with van der Waals surface area (Å²) in [5.41, 5.74) is 0.792. The van der Waals surface area contributed by atoms with Crippen molar-refractivity contribution >= 4 is 5.97 Å². The van der Waals surface area contributed by atoms with E-state index >= 15 is 0 Å². The maximum absolute atomic E-state index is 11.7. The lowest BCUT2D eigenvalue weighted by Gasteiger charge is -2.31. The van der Waals surface area contributed by atoms with Gasteiger partial charge in [-0.05, 0) is 38.5 Å². The molecule has 0 bridgehead atoms. The number of allylic oxidation sites excluding steroid dienone is 1. The summed E-state index contributed by atoms with van der Waals surface area (Å²) in [4.78, 5) is 11.7. The second-order valence-electron chi connectivity index (χ2n) is 6.75. The number of carboxylic acids is 1. The van der Waals surface area contributed by atoms with Crippen molar-refractivity contribution in [2.45, 2.75) is 64.7 Å². The van der Waals surface area contributed by atoms with Crippen LogP contribution in [0.5, 0.6) is 0 Å². The average Bonchev–Trinajstić information content (AvgIpc) is 2.47. The SMILES string of the molecule is CC(CC=C1CCOCC1)(CC1CCCCC1)C(=O)O. The molecule has 0 amide bonds. The van der Waals surface area contributed by atoms with E-state index in [9.17, 15) is 9.90 Å². The van der Waals surface area contributed by atoms with Crippen molar-refractivity contribution in [1.82, 2.24) is 0 Å². The summed E-state index contributed by atoms with van der Waals surface area (Å²) >= 11 is 0. The number of ether oxygens (including phenoxy) is 1. The van der Waals surface area contributed by atoms with E-state index in [4.69, 9.17) is 4.74 Å². The fraction of sp³-hybridized carbons (Fsp3) is 0.824. The standard InChI is InChI=1S/C17H28O3/c1-17(16(18)19,13-15-5-3-2-4-6-15)10-7-14-8-11-20-12-9-14/h7,15H,2-6,8-13H2,1H3,(H,18,19). The van der Waals surface area contributed by atoms with Crippen LogP contribution in [0.15, 0.2) is 11.6 Å². The maximum Gasteiger partial charge on any atom is 0.309 e. The van der Waals surface area contributed by atoms with Gasteiger partial charge in [-0.25, -0.2) is 0 Å². The molecular formula is C17H28O3. The lowest BCUT2D eigenvalue weighted by Crippen LogP contribution is -2.30. The third-order valence-corrected chi connectivity index (χ3v) is 4.96. The van der Waals surface area contributed by atoms with Gasteiger partial charge >= 0.3 is 5.97 Å². The van der Waals surface area contributed by atoms with Crippen molar-refractivity contribution in [3.63, 3.8) is 0 Å². The Hall–Kier alpha value is -0.830. The van der Waals surface area contributed by atoms with E-state index in [1.54, 1.807) is 0 Å². The first-order valence-corrected chi connectivity index (χ1v) is 8.09. The van der Waals surface area contributed by atoms with Gasteiger partial charge in [0.15, 0.2) is 0 Å². The zero-order chi connectivity index (χ0) is 14.4. The van der Waals surface area contributed by atoms with Gasteiger partial charge in [-0.2, -0.15) is 0 Å². The minimum Gasteiger partial charge on any atom is -0.481 e. The fourth-order valence-electron chi connectivity index (χ4n) is 3.49. The Bertz CT molecular complexity index is 347. The van der Waals surface area contributed by atoms with Crippen LogP contribution in [-0.2, 0) is 9.53 Å². The Kier molecular flexibility index (Phi) is 5.64. The summed E-state index contributed by atoms with van der Waals surface area (Å²) in [7, 11) is 0. The van der Waals surface area contributed by atoms with Crippen LogP contribution < -0.4 is 0 Å². The quantitative estimate of drug-likeness (QED) is 0.769. The van der Waals surface area contributed by atoms with E-state index < -0.39 is 11.4 Å². The fourth-order valence-corrected chi connectivity index (χ4v) is 3.49. The van der Waals surface area contributed by atoms with Crippen LogP contribution in [0.4, 0.5) is 0 Å². The second kappa shape index (κ2) is 7.26. The minimum absolute atomic E-state index is 0.590. The summed E-state index contributed by atoms with van der Waals surface area (Å²) in [5, 5.41) is 9.64. The van der Waals surface area contributed by atoms with Crippen LogP contribution in [0.1, 0.15) is 64.7 Å². The molecule has 20 heavy (non-hydrogen) atoms. The van der Waals surface area contributed by atoms with E-state index in [1.165, 1.54) is 37.7 Å². The molecule has 1 unspecified atom stereocenters. The van der Waals surface area contributed by atoms with E-state index in [2.05, 4.69) is 6.08 Å². The normalized spacial score (nSPS) is 24.1. The molecule has 2 aliphatic rings. The Morgan fingerprint density at radius 3 is 2.55 bits per heavy atom. The first-order chi connectivity index (χ1) is 9.60. The first-order valence-electron chi connectivity index (χ1n) is 8.09. The van der Waals surface area contributed by atoms with Crippen LogP contribution in [0.3, 0.4) is 0 Å². The summed E-state index contributed by atoms with van der Waals surface area (Å²) in [6, 6.07) is 0. The molecule has 3 nitrogen and oxygen atoms in total. The van der Waals surface area contributed by atoms with Crippen LogP contribution in [0.25, 0.3) is 0 Å². The summed E-state index contributed by atoms with van der Waals surface area (Å²) in [6.07, 6.45) is 11.9. The van der Waals surface area contributed by atoms with Gasteiger partial charge in [-0.15, -0.1) is 0 Å². The molecule has 1 saturated carbocycles. The smallest absolute Gasteiger partial charge is 0.309 e. The molecule has 1 heterocycles. The van der Waals surface area contributed by atoms with E-state index in [1.807, 2.05) is 6.92 Å². The lowest BCUT2D eigenvalue weighted by molar-refractivity contribution is -0.149. The van der Waals surface area contributed by atoms with Gasteiger partial charge in [0.25, 0.3) is 0 Å². The molecule has 3 heteroatoms. The minimum atomic E-state index is -0.632. The highest BCUT2D eigenvalue weighted by Crippen LogP contribution is 2.38. The Balaban J connectivity index is 1.94. The Labute approximate surface area is 122 Å². The number of carbonyl (C=O) groups is 1. The summed E-state index contributed by atoms with van der Waals surface area (Å²) in [6.45, 7) is 3.51. The largest absolute Gasteiger partial charge is 0.481 e. The monoisotopic (exact) mass is 280 g/mol. The molecule has 0 spiro atoms. The number of rotatable bonds is 5. The highest BCUT2D eigenvalue weighted by Gasteiger charge is 2.35. The first kappa shape index (κ1) is 15.6. The second-order valence-corrected chi connectivity index (χ2v) is 6.75. The van der Waals surface area contributed by atoms with Crippen molar-refractivity contribution in [3.05, 3.63) is 11.6 Å². The molecule has 0 aromatic carbocycles. The van der Waals surface area contributed by atoms with Crippen LogP contribution in [-0.4, -0.2) is 24.3 Å². The average molecular weight is 280 g/mol. The van der Waals surface area contributed by atoms with Gasteiger partial charge in [0.05, 0.1) is 18.6 Å².